The molecule has 3 rings (SSSR count). The molecule has 1 aliphatic rings. The van der Waals surface area contributed by atoms with E-state index in [0.29, 0.717) is 5.69 Å². The molecule has 118 valence electrons. The average Bonchev–Trinajstić information content (AvgIpc) is 2.54. The molecule has 9 heteroatoms. The Balaban J connectivity index is 2.19. The number of nitrogens with one attached hydrogen (secondary N) is 1. The third kappa shape index (κ3) is 2.50. The summed E-state index contributed by atoms with van der Waals surface area (Å²) in [5.74, 6) is -0.508. The third-order valence-electron chi connectivity index (χ3n) is 3.36. The van der Waals surface area contributed by atoms with Crippen LogP contribution in [-0.4, -0.2) is 25.8 Å². The van der Waals surface area contributed by atoms with Gasteiger partial charge in [0.05, 0.1) is 16.3 Å². The van der Waals surface area contributed by atoms with Crippen LogP contribution in [0.4, 0.5) is 17.1 Å². The molecule has 0 saturated heterocycles. The van der Waals surface area contributed by atoms with Crippen molar-refractivity contribution in [3.63, 3.8) is 0 Å². The number of carbonyl (C=O) groups is 1. The fourth-order valence-electron chi connectivity index (χ4n) is 2.36. The number of nitrogens with zero attached hydrogens (tertiary/aromatic N) is 2. The molecule has 0 spiro atoms. The van der Waals surface area contributed by atoms with Crippen LogP contribution in [0, 0.1) is 10.1 Å². The van der Waals surface area contributed by atoms with Crippen LogP contribution in [-0.2, 0) is 14.8 Å². The van der Waals surface area contributed by atoms with E-state index in [0.717, 1.165) is 16.4 Å². The predicted octanol–water partition coefficient (Wildman–Crippen LogP) is 1.74. The van der Waals surface area contributed by atoms with Gasteiger partial charge in [-0.05, 0) is 18.2 Å². The first-order valence-corrected chi connectivity index (χ1v) is 8.00. The van der Waals surface area contributed by atoms with Gasteiger partial charge in [0.1, 0.15) is 6.54 Å². The minimum atomic E-state index is -4.25. The Morgan fingerprint density at radius 2 is 1.74 bits per heavy atom. The van der Waals surface area contributed by atoms with Gasteiger partial charge >= 0.3 is 0 Å². The molecule has 2 aromatic rings. The number of nitro groups is 1. The Hall–Kier alpha value is -2.94. The van der Waals surface area contributed by atoms with Crippen molar-refractivity contribution in [1.29, 1.82) is 0 Å². The molecule has 0 fully saturated rings. The van der Waals surface area contributed by atoms with Crippen molar-refractivity contribution < 1.29 is 18.1 Å². The van der Waals surface area contributed by atoms with Crippen molar-refractivity contribution in [2.24, 2.45) is 0 Å². The van der Waals surface area contributed by atoms with E-state index in [-0.39, 0.29) is 5.69 Å². The van der Waals surface area contributed by atoms with E-state index >= 15 is 0 Å². The highest BCUT2D eigenvalue weighted by Crippen LogP contribution is 2.35. The van der Waals surface area contributed by atoms with Gasteiger partial charge in [-0.1, -0.05) is 24.3 Å². The monoisotopic (exact) mass is 333 g/mol. The van der Waals surface area contributed by atoms with Gasteiger partial charge in [0.25, 0.3) is 15.7 Å². The van der Waals surface area contributed by atoms with Crippen molar-refractivity contribution in [3.8, 4) is 0 Å². The summed E-state index contributed by atoms with van der Waals surface area (Å²) in [6.07, 6.45) is 0. The number of sulfonamides is 1. The summed E-state index contributed by atoms with van der Waals surface area (Å²) in [6, 6.07) is 11.4. The second-order valence-corrected chi connectivity index (χ2v) is 6.63. The summed E-state index contributed by atoms with van der Waals surface area (Å²) in [6.45, 7) is -0.439. The third-order valence-corrected chi connectivity index (χ3v) is 5.17. The summed E-state index contributed by atoms with van der Waals surface area (Å²) in [7, 11) is -4.25. The SMILES string of the molecule is O=C1CN(S(=O)(=O)c2ccccc2[N+](=O)[O-])c2ccccc2N1. The van der Waals surface area contributed by atoms with E-state index < -0.39 is 38.0 Å². The standard InChI is InChI=1S/C14H11N3O5S/c18-14-9-16(11-6-2-1-5-10(11)15-14)23(21,22)13-8-4-3-7-12(13)17(19)20/h1-8H,9H2,(H,15,18). The predicted molar refractivity (Wildman–Crippen MR) is 82.7 cm³/mol. The van der Waals surface area contributed by atoms with E-state index in [2.05, 4.69) is 5.32 Å². The van der Waals surface area contributed by atoms with E-state index in [1.807, 2.05) is 0 Å². The molecular weight excluding hydrogens is 322 g/mol. The lowest BCUT2D eigenvalue weighted by atomic mass is 10.2. The van der Waals surface area contributed by atoms with Gasteiger partial charge in [-0.15, -0.1) is 0 Å². The summed E-state index contributed by atoms with van der Waals surface area (Å²) >= 11 is 0. The molecule has 0 saturated carbocycles. The van der Waals surface area contributed by atoms with Gasteiger partial charge in [-0.25, -0.2) is 8.42 Å². The van der Waals surface area contributed by atoms with Crippen LogP contribution in [0.15, 0.2) is 53.4 Å². The summed E-state index contributed by atoms with van der Waals surface area (Å²) in [5.41, 5.74) is 0.0760. The minimum Gasteiger partial charge on any atom is -0.323 e. The number of carbonyl (C=O) groups excluding carboxylic acids is 1. The van der Waals surface area contributed by atoms with Gasteiger partial charge in [-0.3, -0.25) is 19.2 Å². The lowest BCUT2D eigenvalue weighted by Gasteiger charge is -2.29. The fourth-order valence-corrected chi connectivity index (χ4v) is 3.96. The molecule has 0 aliphatic carbocycles. The smallest absolute Gasteiger partial charge is 0.289 e. The topological polar surface area (TPSA) is 110 Å². The molecule has 0 atom stereocenters. The van der Waals surface area contributed by atoms with Crippen molar-refractivity contribution in [1.82, 2.24) is 0 Å². The number of rotatable bonds is 3. The quantitative estimate of drug-likeness (QED) is 0.679. The van der Waals surface area contributed by atoms with Gasteiger partial charge in [0, 0.05) is 6.07 Å². The Bertz CT molecular complexity index is 910. The zero-order valence-corrected chi connectivity index (χ0v) is 12.5. The lowest BCUT2D eigenvalue weighted by molar-refractivity contribution is -0.387. The minimum absolute atomic E-state index is 0.269. The number of hydrogen-bond acceptors (Lipinski definition) is 5. The van der Waals surface area contributed by atoms with Crippen molar-refractivity contribution >= 4 is 33.0 Å². The number of hydrogen-bond donors (Lipinski definition) is 1. The summed E-state index contributed by atoms with van der Waals surface area (Å²) < 4.78 is 26.6. The summed E-state index contributed by atoms with van der Waals surface area (Å²) in [5, 5.41) is 13.7. The Labute approximate surface area is 131 Å². The number of anilines is 2. The average molecular weight is 333 g/mol. The maximum absolute atomic E-state index is 12.9. The van der Waals surface area contributed by atoms with Crippen molar-refractivity contribution in [2.45, 2.75) is 4.90 Å². The van der Waals surface area contributed by atoms with Gasteiger partial charge < -0.3 is 5.32 Å². The molecule has 0 unspecified atom stereocenters. The molecule has 8 nitrogen and oxygen atoms in total. The first-order valence-electron chi connectivity index (χ1n) is 6.56. The van der Waals surface area contributed by atoms with Gasteiger partial charge in [-0.2, -0.15) is 0 Å². The zero-order valence-electron chi connectivity index (χ0n) is 11.7. The van der Waals surface area contributed by atoms with Crippen LogP contribution in [0.25, 0.3) is 0 Å². The Morgan fingerprint density at radius 3 is 2.48 bits per heavy atom. The van der Waals surface area contributed by atoms with Crippen LogP contribution in [0.3, 0.4) is 0 Å². The second kappa shape index (κ2) is 5.36. The molecule has 1 amide bonds. The molecule has 0 bridgehead atoms. The largest absolute Gasteiger partial charge is 0.323 e. The number of fused-ring (bicyclic) bond motifs is 1. The van der Waals surface area contributed by atoms with Crippen LogP contribution in [0.5, 0.6) is 0 Å². The maximum Gasteiger partial charge on any atom is 0.289 e. The van der Waals surface area contributed by atoms with E-state index in [9.17, 15) is 23.3 Å². The van der Waals surface area contributed by atoms with E-state index in [1.165, 1.54) is 18.2 Å². The normalized spacial score (nSPS) is 14.1. The molecule has 1 N–H and O–H groups in total. The highest BCUT2D eigenvalue weighted by atomic mass is 32.2. The number of amides is 1. The van der Waals surface area contributed by atoms with Gasteiger partial charge in [0.2, 0.25) is 5.91 Å². The Kier molecular flexibility index (Phi) is 3.49. The number of nitro benzene ring substituents is 1. The maximum atomic E-state index is 12.9. The van der Waals surface area contributed by atoms with Crippen LogP contribution >= 0.6 is 0 Å². The molecule has 1 aliphatic heterocycles. The molecule has 1 heterocycles. The second-order valence-electron chi connectivity index (χ2n) is 4.80. The van der Waals surface area contributed by atoms with E-state index in [1.54, 1.807) is 18.2 Å². The highest BCUT2D eigenvalue weighted by molar-refractivity contribution is 7.93. The first kappa shape index (κ1) is 15.0. The van der Waals surface area contributed by atoms with Crippen molar-refractivity contribution in [3.05, 3.63) is 58.6 Å². The van der Waals surface area contributed by atoms with E-state index in [4.69, 9.17) is 0 Å². The van der Waals surface area contributed by atoms with Gasteiger partial charge in [0.15, 0.2) is 4.90 Å². The van der Waals surface area contributed by atoms with Crippen LogP contribution in [0.2, 0.25) is 0 Å². The van der Waals surface area contributed by atoms with Crippen LogP contribution in [0.1, 0.15) is 0 Å². The lowest BCUT2D eigenvalue weighted by Crippen LogP contribution is -2.42. The summed E-state index contributed by atoms with van der Waals surface area (Å²) in [4.78, 5) is 21.7. The molecule has 0 aromatic heterocycles. The molecule has 0 radical (unpaired) electrons. The number of benzene rings is 2. The Morgan fingerprint density at radius 1 is 1.09 bits per heavy atom. The first-order chi connectivity index (χ1) is 10.9. The highest BCUT2D eigenvalue weighted by Gasteiger charge is 2.36. The fraction of sp³-hybridized carbons (Fsp3) is 0.0714. The molecular formula is C14H11N3O5S. The molecule has 2 aromatic carbocycles. The molecule has 23 heavy (non-hydrogen) atoms. The number of para-hydroxylation sites is 3. The van der Waals surface area contributed by atoms with Crippen LogP contribution < -0.4 is 9.62 Å². The zero-order chi connectivity index (χ0) is 16.6. The van der Waals surface area contributed by atoms with Crippen molar-refractivity contribution in [2.75, 3.05) is 16.2 Å².